The van der Waals surface area contributed by atoms with Gasteiger partial charge in [0.1, 0.15) is 0 Å². The molecule has 5 heteroatoms. The summed E-state index contributed by atoms with van der Waals surface area (Å²) in [5, 5.41) is 3.15. The average molecular weight is 431 g/mol. The molecule has 1 heterocycles. The predicted molar refractivity (Wildman–Crippen MR) is 110 cm³/mol. The van der Waals surface area contributed by atoms with E-state index in [0.717, 1.165) is 48.2 Å². The minimum absolute atomic E-state index is 0.0797. The third-order valence-corrected chi connectivity index (χ3v) is 8.21. The Morgan fingerprint density at radius 3 is 2.63 bits per heavy atom. The van der Waals surface area contributed by atoms with E-state index in [0.29, 0.717) is 10.7 Å². The van der Waals surface area contributed by atoms with Crippen LogP contribution in [0, 0.1) is 17.3 Å². The first kappa shape index (κ1) is 17.7. The number of halogens is 1. The van der Waals surface area contributed by atoms with Crippen LogP contribution in [0.15, 0.2) is 18.2 Å². The number of amides is 2. The molecule has 5 aliphatic rings. The number of fused-ring (bicyclic) bond motifs is 1. The number of carbonyl (C=O) groups excluding carboxylic acids is 2. The molecule has 0 radical (unpaired) electrons. The molecule has 1 aromatic rings. The van der Waals surface area contributed by atoms with Crippen LogP contribution in [0.4, 0.5) is 11.4 Å². The molecule has 1 N–H and O–H groups in total. The molecule has 0 saturated heterocycles. The molecule has 1 aliphatic heterocycles. The molecule has 2 amide bonds. The Kier molecular flexibility index (Phi) is 3.98. The van der Waals surface area contributed by atoms with Gasteiger partial charge in [-0.25, -0.2) is 0 Å². The lowest BCUT2D eigenvalue weighted by Crippen LogP contribution is -2.53. The van der Waals surface area contributed by atoms with E-state index in [2.05, 4.69) is 21.2 Å². The minimum atomic E-state index is 0.0797. The standard InChI is InChI=1S/C22H27BrN2O2/c1-14(26)25-5-4-17-7-18(2-3-19(17)25)24-20(27)12-21-8-15-6-16(9-21)11-22(23,10-15)13-21/h2-3,7,15-16H,4-6,8-13H2,1H3,(H,24,27)/t15-,16-,21?,22?/m1/s1. The van der Waals surface area contributed by atoms with Crippen molar-refractivity contribution in [3.05, 3.63) is 23.8 Å². The van der Waals surface area contributed by atoms with Gasteiger partial charge in [0.05, 0.1) is 0 Å². The van der Waals surface area contributed by atoms with Crippen molar-refractivity contribution in [3.8, 4) is 0 Å². The van der Waals surface area contributed by atoms with Crippen LogP contribution in [0.5, 0.6) is 0 Å². The Morgan fingerprint density at radius 1 is 1.22 bits per heavy atom. The molecule has 4 saturated carbocycles. The van der Waals surface area contributed by atoms with Gasteiger partial charge in [0, 0.05) is 35.6 Å². The van der Waals surface area contributed by atoms with E-state index in [1.54, 1.807) is 6.92 Å². The molecule has 4 aliphatic carbocycles. The van der Waals surface area contributed by atoms with E-state index in [1.807, 2.05) is 23.1 Å². The third kappa shape index (κ3) is 3.12. The zero-order valence-electron chi connectivity index (χ0n) is 15.9. The van der Waals surface area contributed by atoms with Crippen molar-refractivity contribution in [1.29, 1.82) is 0 Å². The number of nitrogens with one attached hydrogen (secondary N) is 1. The van der Waals surface area contributed by atoms with Crippen LogP contribution in [0.1, 0.15) is 57.4 Å². The lowest BCUT2D eigenvalue weighted by Gasteiger charge is -2.60. The molecule has 6 rings (SSSR count). The van der Waals surface area contributed by atoms with Crippen LogP contribution in [-0.2, 0) is 16.0 Å². The molecule has 1 aromatic carbocycles. The van der Waals surface area contributed by atoms with Crippen molar-refractivity contribution in [2.24, 2.45) is 17.3 Å². The highest BCUT2D eigenvalue weighted by molar-refractivity contribution is 9.10. The highest BCUT2D eigenvalue weighted by Gasteiger charge is 2.57. The summed E-state index contributed by atoms with van der Waals surface area (Å²) >= 11 is 4.04. The number of rotatable bonds is 3. The van der Waals surface area contributed by atoms with Gasteiger partial charge in [0.2, 0.25) is 11.8 Å². The molecular formula is C22H27BrN2O2. The Labute approximate surface area is 169 Å². The molecule has 4 nitrogen and oxygen atoms in total. The fraction of sp³-hybridized carbons (Fsp3) is 0.636. The van der Waals surface area contributed by atoms with Crippen LogP contribution >= 0.6 is 15.9 Å². The van der Waals surface area contributed by atoms with Gasteiger partial charge in [-0.1, -0.05) is 15.9 Å². The smallest absolute Gasteiger partial charge is 0.224 e. The van der Waals surface area contributed by atoms with Crippen molar-refractivity contribution in [2.75, 3.05) is 16.8 Å². The SMILES string of the molecule is CC(=O)N1CCc2cc(NC(=O)CC34C[C@H]5C[C@@H](CC(Br)(C5)C3)C4)ccc21. The highest BCUT2D eigenvalue weighted by Crippen LogP contribution is 2.65. The van der Waals surface area contributed by atoms with Crippen molar-refractivity contribution < 1.29 is 9.59 Å². The van der Waals surface area contributed by atoms with E-state index in [9.17, 15) is 9.59 Å². The first-order valence-corrected chi connectivity index (χ1v) is 11.0. The number of alkyl halides is 1. The minimum Gasteiger partial charge on any atom is -0.326 e. The van der Waals surface area contributed by atoms with Crippen LogP contribution < -0.4 is 10.2 Å². The summed E-state index contributed by atoms with van der Waals surface area (Å²) < 4.78 is 0.293. The quantitative estimate of drug-likeness (QED) is 0.708. The van der Waals surface area contributed by atoms with E-state index < -0.39 is 0 Å². The van der Waals surface area contributed by atoms with Gasteiger partial charge in [-0.3, -0.25) is 9.59 Å². The molecule has 4 bridgehead atoms. The summed E-state index contributed by atoms with van der Waals surface area (Å²) in [6.45, 7) is 2.34. The molecule has 0 spiro atoms. The first-order valence-electron chi connectivity index (χ1n) is 10.2. The van der Waals surface area contributed by atoms with E-state index >= 15 is 0 Å². The van der Waals surface area contributed by atoms with Gasteiger partial charge in [0.15, 0.2) is 0 Å². The molecule has 4 fully saturated rings. The average Bonchev–Trinajstić information content (AvgIpc) is 2.95. The van der Waals surface area contributed by atoms with E-state index in [-0.39, 0.29) is 17.2 Å². The van der Waals surface area contributed by atoms with Crippen molar-refractivity contribution in [3.63, 3.8) is 0 Å². The maximum Gasteiger partial charge on any atom is 0.224 e. The summed E-state index contributed by atoms with van der Waals surface area (Å²) in [5.74, 6) is 1.83. The normalized spacial score (nSPS) is 36.0. The number of anilines is 2. The molecule has 0 unspecified atom stereocenters. The monoisotopic (exact) mass is 430 g/mol. The number of benzene rings is 1. The van der Waals surface area contributed by atoms with Crippen molar-refractivity contribution in [1.82, 2.24) is 0 Å². The first-order chi connectivity index (χ1) is 12.8. The fourth-order valence-electron chi connectivity index (χ4n) is 6.90. The maximum atomic E-state index is 12.9. The number of nitrogens with zero attached hydrogens (tertiary/aromatic N) is 1. The van der Waals surface area contributed by atoms with E-state index in [1.165, 1.54) is 32.1 Å². The lowest BCUT2D eigenvalue weighted by molar-refractivity contribution is -0.123. The van der Waals surface area contributed by atoms with Crippen LogP contribution in [0.3, 0.4) is 0 Å². The summed E-state index contributed by atoms with van der Waals surface area (Å²) in [6, 6.07) is 5.95. The summed E-state index contributed by atoms with van der Waals surface area (Å²) in [7, 11) is 0. The zero-order valence-corrected chi connectivity index (χ0v) is 17.5. The molecule has 0 aromatic heterocycles. The second-order valence-corrected chi connectivity index (χ2v) is 11.3. The second kappa shape index (κ2) is 6.07. The molecular weight excluding hydrogens is 404 g/mol. The largest absolute Gasteiger partial charge is 0.326 e. The Morgan fingerprint density at radius 2 is 1.96 bits per heavy atom. The summed E-state index contributed by atoms with van der Waals surface area (Å²) in [5.41, 5.74) is 3.20. The predicted octanol–water partition coefficient (Wildman–Crippen LogP) is 4.66. The van der Waals surface area contributed by atoms with Gasteiger partial charge in [0.25, 0.3) is 0 Å². The Hall–Kier alpha value is -1.36. The summed E-state index contributed by atoms with van der Waals surface area (Å²) in [4.78, 5) is 26.4. The maximum absolute atomic E-state index is 12.9. The number of hydrogen-bond acceptors (Lipinski definition) is 2. The highest BCUT2D eigenvalue weighted by atomic mass is 79.9. The van der Waals surface area contributed by atoms with E-state index in [4.69, 9.17) is 0 Å². The van der Waals surface area contributed by atoms with Crippen molar-refractivity contribution in [2.45, 2.75) is 62.6 Å². The Bertz CT molecular complexity index is 807. The molecule has 144 valence electrons. The lowest BCUT2D eigenvalue weighted by atomic mass is 9.48. The zero-order chi connectivity index (χ0) is 18.8. The molecule has 27 heavy (non-hydrogen) atoms. The van der Waals surface area contributed by atoms with Gasteiger partial charge < -0.3 is 10.2 Å². The molecule has 2 atom stereocenters. The third-order valence-electron chi connectivity index (χ3n) is 7.29. The topological polar surface area (TPSA) is 49.4 Å². The second-order valence-electron chi connectivity index (χ2n) is 9.60. The number of carbonyl (C=O) groups is 2. The van der Waals surface area contributed by atoms with Gasteiger partial charge in [-0.2, -0.15) is 0 Å². The summed E-state index contributed by atoms with van der Waals surface area (Å²) in [6.07, 6.45) is 9.06. The van der Waals surface area contributed by atoms with Crippen LogP contribution in [-0.4, -0.2) is 22.7 Å². The number of hydrogen-bond donors (Lipinski definition) is 1. The fourth-order valence-corrected chi connectivity index (χ4v) is 8.41. The van der Waals surface area contributed by atoms with Gasteiger partial charge in [-0.15, -0.1) is 0 Å². The Balaban J connectivity index is 1.29. The van der Waals surface area contributed by atoms with Crippen LogP contribution in [0.2, 0.25) is 0 Å². The van der Waals surface area contributed by atoms with Crippen molar-refractivity contribution >= 4 is 39.1 Å². The van der Waals surface area contributed by atoms with Crippen LogP contribution in [0.25, 0.3) is 0 Å². The van der Waals surface area contributed by atoms with Gasteiger partial charge in [-0.05, 0) is 86.0 Å². The van der Waals surface area contributed by atoms with Gasteiger partial charge >= 0.3 is 0 Å².